The van der Waals surface area contributed by atoms with E-state index in [1.807, 2.05) is 48.5 Å². The molecular weight excluding hydrogens is 383 g/mol. The molecule has 1 saturated carbocycles. The zero-order chi connectivity index (χ0) is 18.5. The molecule has 4 nitrogen and oxygen atoms in total. The van der Waals surface area contributed by atoms with Gasteiger partial charge in [0.1, 0.15) is 5.75 Å². The molecule has 0 aliphatic heterocycles. The van der Waals surface area contributed by atoms with Crippen molar-refractivity contribution >= 4 is 29.9 Å². The maximum absolute atomic E-state index is 12.9. The van der Waals surface area contributed by atoms with Gasteiger partial charge in [0.15, 0.2) is 0 Å². The highest BCUT2D eigenvalue weighted by atomic mass is 35.5. The Morgan fingerprint density at radius 3 is 2.70 bits per heavy atom. The number of nitrogens with two attached hydrogens (primary N) is 1. The van der Waals surface area contributed by atoms with Crippen LogP contribution in [0.15, 0.2) is 48.5 Å². The molecule has 0 aromatic heterocycles. The molecular formula is C21H26Cl2N2O2. The van der Waals surface area contributed by atoms with Gasteiger partial charge in [0.05, 0.1) is 13.2 Å². The van der Waals surface area contributed by atoms with Crippen molar-refractivity contribution in [3.63, 3.8) is 0 Å². The standard InChI is InChI=1S/C21H25ClN2O2.ClH/c1-26-17-9-5-6-14(13-17)20(18-10-2-3-11-19(18)22)24-21(25)15-7-4-8-16(23)12-15;/h2-3,5-6,9-11,13,15-16,20H,4,7-8,12,23H2,1H3,(H,24,25);1H. The van der Waals surface area contributed by atoms with Crippen LogP contribution in [-0.4, -0.2) is 19.1 Å². The van der Waals surface area contributed by atoms with Gasteiger partial charge in [0.2, 0.25) is 5.91 Å². The summed E-state index contributed by atoms with van der Waals surface area (Å²) in [5, 5.41) is 3.82. The van der Waals surface area contributed by atoms with Gasteiger partial charge >= 0.3 is 0 Å². The van der Waals surface area contributed by atoms with E-state index in [2.05, 4.69) is 5.32 Å². The normalized spacial score (nSPS) is 20.3. The number of ether oxygens (including phenoxy) is 1. The third-order valence-electron chi connectivity index (χ3n) is 5.02. The molecule has 1 fully saturated rings. The molecule has 0 spiro atoms. The van der Waals surface area contributed by atoms with Crippen molar-refractivity contribution in [2.24, 2.45) is 11.7 Å². The molecule has 1 aliphatic rings. The quantitative estimate of drug-likeness (QED) is 0.765. The van der Waals surface area contributed by atoms with Gasteiger partial charge in [-0.3, -0.25) is 4.79 Å². The fourth-order valence-electron chi connectivity index (χ4n) is 3.60. The summed E-state index contributed by atoms with van der Waals surface area (Å²) in [7, 11) is 1.63. The average molecular weight is 409 g/mol. The third kappa shape index (κ3) is 5.38. The maximum Gasteiger partial charge on any atom is 0.223 e. The molecule has 6 heteroatoms. The number of halogens is 2. The minimum Gasteiger partial charge on any atom is -0.497 e. The van der Waals surface area contributed by atoms with Crippen molar-refractivity contribution < 1.29 is 9.53 Å². The zero-order valence-corrected chi connectivity index (χ0v) is 16.9. The highest BCUT2D eigenvalue weighted by molar-refractivity contribution is 6.31. The van der Waals surface area contributed by atoms with E-state index in [0.717, 1.165) is 42.6 Å². The number of methoxy groups -OCH3 is 1. The second-order valence-electron chi connectivity index (χ2n) is 6.86. The van der Waals surface area contributed by atoms with Crippen molar-refractivity contribution in [2.45, 2.75) is 37.8 Å². The largest absolute Gasteiger partial charge is 0.497 e. The lowest BCUT2D eigenvalue weighted by Gasteiger charge is -2.28. The Morgan fingerprint density at radius 1 is 1.22 bits per heavy atom. The molecule has 27 heavy (non-hydrogen) atoms. The molecule has 1 aliphatic carbocycles. The van der Waals surface area contributed by atoms with E-state index in [-0.39, 0.29) is 36.3 Å². The van der Waals surface area contributed by atoms with Crippen LogP contribution in [0.5, 0.6) is 5.75 Å². The van der Waals surface area contributed by atoms with Crippen LogP contribution in [0.3, 0.4) is 0 Å². The molecule has 2 aromatic rings. The first-order valence-corrected chi connectivity index (χ1v) is 9.40. The first kappa shape index (κ1) is 21.5. The van der Waals surface area contributed by atoms with Crippen LogP contribution in [0.25, 0.3) is 0 Å². The Labute approximate surface area is 171 Å². The molecule has 3 rings (SSSR count). The van der Waals surface area contributed by atoms with Crippen LogP contribution in [0.1, 0.15) is 42.9 Å². The van der Waals surface area contributed by atoms with Crippen molar-refractivity contribution in [1.82, 2.24) is 5.32 Å². The van der Waals surface area contributed by atoms with E-state index < -0.39 is 0 Å². The van der Waals surface area contributed by atoms with Crippen LogP contribution in [-0.2, 0) is 4.79 Å². The number of carbonyl (C=O) groups is 1. The van der Waals surface area contributed by atoms with E-state index in [4.69, 9.17) is 22.1 Å². The van der Waals surface area contributed by atoms with Crippen molar-refractivity contribution in [3.05, 3.63) is 64.7 Å². The Kier molecular flexibility index (Phi) is 7.96. The van der Waals surface area contributed by atoms with Gasteiger partial charge < -0.3 is 15.8 Å². The second-order valence-corrected chi connectivity index (χ2v) is 7.27. The molecule has 3 atom stereocenters. The van der Waals surface area contributed by atoms with E-state index >= 15 is 0 Å². The molecule has 1 amide bonds. The first-order chi connectivity index (χ1) is 12.6. The fraction of sp³-hybridized carbons (Fsp3) is 0.381. The number of hydrogen-bond acceptors (Lipinski definition) is 3. The summed E-state index contributed by atoms with van der Waals surface area (Å²) >= 11 is 6.43. The smallest absolute Gasteiger partial charge is 0.223 e. The number of benzene rings is 2. The number of amides is 1. The molecule has 3 unspecified atom stereocenters. The van der Waals surface area contributed by atoms with Crippen LogP contribution >= 0.6 is 24.0 Å². The Bertz CT molecular complexity index is 769. The van der Waals surface area contributed by atoms with Crippen molar-refractivity contribution in [2.75, 3.05) is 7.11 Å². The summed E-state index contributed by atoms with van der Waals surface area (Å²) in [5.74, 6) is 0.732. The summed E-state index contributed by atoms with van der Waals surface area (Å²) in [4.78, 5) is 12.9. The molecule has 0 radical (unpaired) electrons. The Balaban J connectivity index is 0.00000261. The van der Waals surface area contributed by atoms with Crippen LogP contribution < -0.4 is 15.8 Å². The number of rotatable bonds is 5. The van der Waals surface area contributed by atoms with Gasteiger partial charge in [-0.15, -0.1) is 12.4 Å². The van der Waals surface area contributed by atoms with Crippen LogP contribution in [0.4, 0.5) is 0 Å². The molecule has 0 bridgehead atoms. The third-order valence-corrected chi connectivity index (χ3v) is 5.36. The van der Waals surface area contributed by atoms with Crippen molar-refractivity contribution in [1.29, 1.82) is 0 Å². The minimum absolute atomic E-state index is 0. The van der Waals surface area contributed by atoms with Gasteiger partial charge in [-0.25, -0.2) is 0 Å². The lowest BCUT2D eigenvalue weighted by atomic mass is 9.85. The second kappa shape index (κ2) is 9.98. The lowest BCUT2D eigenvalue weighted by Crippen LogP contribution is -2.39. The summed E-state index contributed by atoms with van der Waals surface area (Å²) < 4.78 is 5.34. The van der Waals surface area contributed by atoms with Gasteiger partial charge in [-0.05, 0) is 48.6 Å². The number of hydrogen-bond donors (Lipinski definition) is 2. The highest BCUT2D eigenvalue weighted by Crippen LogP contribution is 2.31. The average Bonchev–Trinajstić information content (AvgIpc) is 2.66. The van der Waals surface area contributed by atoms with Gasteiger partial charge in [-0.2, -0.15) is 0 Å². The topological polar surface area (TPSA) is 64.3 Å². The highest BCUT2D eigenvalue weighted by Gasteiger charge is 2.28. The molecule has 3 N–H and O–H groups in total. The van der Waals surface area contributed by atoms with Crippen LogP contribution in [0.2, 0.25) is 5.02 Å². The minimum atomic E-state index is -0.329. The van der Waals surface area contributed by atoms with Gasteiger partial charge in [-0.1, -0.05) is 48.4 Å². The van der Waals surface area contributed by atoms with Gasteiger partial charge in [0, 0.05) is 17.0 Å². The summed E-state index contributed by atoms with van der Waals surface area (Å²) in [6.45, 7) is 0. The number of carbonyl (C=O) groups excluding carboxylic acids is 1. The molecule has 0 heterocycles. The fourth-order valence-corrected chi connectivity index (χ4v) is 3.84. The monoisotopic (exact) mass is 408 g/mol. The first-order valence-electron chi connectivity index (χ1n) is 9.03. The zero-order valence-electron chi connectivity index (χ0n) is 15.4. The van der Waals surface area contributed by atoms with E-state index in [9.17, 15) is 4.79 Å². The molecule has 0 saturated heterocycles. The predicted octanol–water partition coefficient (Wildman–Crippen LogP) is 4.49. The van der Waals surface area contributed by atoms with E-state index in [1.54, 1.807) is 7.11 Å². The predicted molar refractivity (Wildman–Crippen MR) is 112 cm³/mol. The maximum atomic E-state index is 12.9. The van der Waals surface area contributed by atoms with Crippen molar-refractivity contribution in [3.8, 4) is 5.75 Å². The Hall–Kier alpha value is -1.75. The lowest BCUT2D eigenvalue weighted by molar-refractivity contribution is -0.126. The van der Waals surface area contributed by atoms with Crippen LogP contribution in [0, 0.1) is 5.92 Å². The Morgan fingerprint density at radius 2 is 2.00 bits per heavy atom. The summed E-state index contributed by atoms with van der Waals surface area (Å²) in [6.07, 6.45) is 3.61. The SMILES string of the molecule is COc1cccc(C(NC(=O)C2CCCC(N)C2)c2ccccc2Cl)c1.Cl. The molecule has 146 valence electrons. The summed E-state index contributed by atoms with van der Waals surface area (Å²) in [5.41, 5.74) is 7.87. The van der Waals surface area contributed by atoms with Gasteiger partial charge in [0.25, 0.3) is 0 Å². The van der Waals surface area contributed by atoms with E-state index in [0.29, 0.717) is 5.02 Å². The summed E-state index contributed by atoms with van der Waals surface area (Å²) in [6, 6.07) is 15.1. The number of nitrogens with one attached hydrogen (secondary N) is 1. The molecule has 2 aromatic carbocycles. The van der Waals surface area contributed by atoms with E-state index in [1.165, 1.54) is 0 Å².